The van der Waals surface area contributed by atoms with Crippen LogP contribution >= 0.6 is 23.4 Å². The summed E-state index contributed by atoms with van der Waals surface area (Å²) in [4.78, 5) is 50.8. The van der Waals surface area contributed by atoms with Gasteiger partial charge < -0.3 is 14.2 Å². The maximum absolute atomic E-state index is 14.8. The first-order valence-electron chi connectivity index (χ1n) is 10.1. The highest BCUT2D eigenvalue weighted by Crippen LogP contribution is 2.36. The summed E-state index contributed by atoms with van der Waals surface area (Å²) in [6, 6.07) is 2.19. The molecule has 0 saturated carbocycles. The maximum atomic E-state index is 14.8. The highest BCUT2D eigenvalue weighted by Gasteiger charge is 2.32. The van der Waals surface area contributed by atoms with E-state index < -0.39 is 29.6 Å². The second-order valence-corrected chi connectivity index (χ2v) is 8.48. The molecule has 8 nitrogen and oxygen atoms in total. The molecule has 0 radical (unpaired) electrons. The zero-order chi connectivity index (χ0) is 24.5. The van der Waals surface area contributed by atoms with Gasteiger partial charge in [-0.25, -0.2) is 14.1 Å². The molecule has 180 valence electrons. The minimum Gasteiger partial charge on any atom is -0.468 e. The number of carbonyl (C=O) groups excluding carboxylic acids is 4. The highest BCUT2D eigenvalue weighted by atomic mass is 35.5. The number of anilines is 1. The summed E-state index contributed by atoms with van der Waals surface area (Å²) < 4.78 is 29.4. The van der Waals surface area contributed by atoms with Crippen LogP contribution in [-0.4, -0.2) is 56.9 Å². The van der Waals surface area contributed by atoms with Gasteiger partial charge in [0, 0.05) is 30.1 Å². The average molecular weight is 502 g/mol. The van der Waals surface area contributed by atoms with Gasteiger partial charge in [0.2, 0.25) is 5.91 Å². The van der Waals surface area contributed by atoms with E-state index in [0.717, 1.165) is 24.8 Å². The number of amides is 2. The Labute approximate surface area is 200 Å². The Hall–Kier alpha value is -2.43. The van der Waals surface area contributed by atoms with Gasteiger partial charge in [-0.05, 0) is 37.8 Å². The molecule has 1 aromatic rings. The van der Waals surface area contributed by atoms with Gasteiger partial charge in [0.05, 0.1) is 30.2 Å². The molecule has 1 aromatic carbocycles. The van der Waals surface area contributed by atoms with E-state index in [-0.39, 0.29) is 52.1 Å². The molecule has 2 amide bonds. The molecular formula is C22H25ClFNO7S. The number of halogens is 2. The Bertz CT molecular complexity index is 966. The van der Waals surface area contributed by atoms with Crippen LogP contribution in [0.5, 0.6) is 0 Å². The first-order valence-corrected chi connectivity index (χ1v) is 11.5. The van der Waals surface area contributed by atoms with Gasteiger partial charge in [0.15, 0.2) is 0 Å². The number of nitrogens with zero attached hydrogens (tertiary/aromatic N) is 1. The summed E-state index contributed by atoms with van der Waals surface area (Å²) in [6.07, 6.45) is 1.86. The van der Waals surface area contributed by atoms with Gasteiger partial charge in [-0.3, -0.25) is 14.4 Å². The fourth-order valence-electron chi connectivity index (χ4n) is 3.22. The molecule has 2 rings (SSSR count). The second-order valence-electron chi connectivity index (χ2n) is 7.05. The Morgan fingerprint density at radius 3 is 2.36 bits per heavy atom. The molecular weight excluding hydrogens is 477 g/mol. The number of imide groups is 1. The SMILES string of the molecule is COCCOC(=O)C1=C(C(=O)N(C(C)=O)c2cc(SCC(=O)OC)c(Cl)cc2F)CCCC1. The molecule has 0 saturated heterocycles. The van der Waals surface area contributed by atoms with Crippen LogP contribution in [0.25, 0.3) is 0 Å². The number of hydrogen-bond acceptors (Lipinski definition) is 8. The predicted octanol–water partition coefficient (Wildman–Crippen LogP) is 3.68. The van der Waals surface area contributed by atoms with Gasteiger partial charge in [-0.2, -0.15) is 0 Å². The lowest BCUT2D eigenvalue weighted by molar-refractivity contribution is -0.141. The first kappa shape index (κ1) is 26.8. The fourth-order valence-corrected chi connectivity index (χ4v) is 4.32. The van der Waals surface area contributed by atoms with Crippen LogP contribution in [0.4, 0.5) is 10.1 Å². The molecule has 11 heteroatoms. The average Bonchev–Trinajstić information content (AvgIpc) is 2.79. The van der Waals surface area contributed by atoms with Crippen LogP contribution in [0.15, 0.2) is 28.2 Å². The number of rotatable bonds is 9. The Morgan fingerprint density at radius 2 is 1.76 bits per heavy atom. The highest BCUT2D eigenvalue weighted by molar-refractivity contribution is 8.00. The number of thioether (sulfide) groups is 1. The third-order valence-electron chi connectivity index (χ3n) is 4.83. The Morgan fingerprint density at radius 1 is 1.09 bits per heavy atom. The van der Waals surface area contributed by atoms with E-state index in [1.807, 2.05) is 0 Å². The second kappa shape index (κ2) is 12.7. The van der Waals surface area contributed by atoms with Crippen LogP contribution < -0.4 is 4.90 Å². The molecule has 0 heterocycles. The third-order valence-corrected chi connectivity index (χ3v) is 6.28. The number of ether oxygens (including phenoxy) is 3. The molecule has 0 aromatic heterocycles. The monoisotopic (exact) mass is 501 g/mol. The predicted molar refractivity (Wildman–Crippen MR) is 121 cm³/mol. The van der Waals surface area contributed by atoms with Crippen molar-refractivity contribution in [3.63, 3.8) is 0 Å². The van der Waals surface area contributed by atoms with E-state index in [1.165, 1.54) is 20.3 Å². The van der Waals surface area contributed by atoms with Gasteiger partial charge in [-0.1, -0.05) is 11.6 Å². The van der Waals surface area contributed by atoms with Crippen LogP contribution in [-0.2, 0) is 33.4 Å². The normalized spacial score (nSPS) is 13.5. The summed E-state index contributed by atoms with van der Waals surface area (Å²) in [6.45, 7) is 1.33. The topological polar surface area (TPSA) is 99.2 Å². The van der Waals surface area contributed by atoms with E-state index in [1.54, 1.807) is 0 Å². The van der Waals surface area contributed by atoms with Gasteiger partial charge in [-0.15, -0.1) is 11.8 Å². The molecule has 1 aliphatic carbocycles. The molecule has 33 heavy (non-hydrogen) atoms. The number of benzene rings is 1. The smallest absolute Gasteiger partial charge is 0.334 e. The van der Waals surface area contributed by atoms with Crippen molar-refractivity contribution in [2.24, 2.45) is 0 Å². The quantitative estimate of drug-likeness (QED) is 0.287. The molecule has 0 atom stereocenters. The van der Waals surface area contributed by atoms with Crippen molar-refractivity contribution in [2.75, 3.05) is 38.1 Å². The number of methoxy groups -OCH3 is 2. The number of esters is 2. The number of carbonyl (C=O) groups is 4. The fraction of sp³-hybridized carbons (Fsp3) is 0.455. The first-order chi connectivity index (χ1) is 15.7. The van der Waals surface area contributed by atoms with E-state index in [0.29, 0.717) is 24.2 Å². The lowest BCUT2D eigenvalue weighted by atomic mass is 9.90. The van der Waals surface area contributed by atoms with Gasteiger partial charge in [0.25, 0.3) is 5.91 Å². The van der Waals surface area contributed by atoms with E-state index in [9.17, 15) is 23.6 Å². The summed E-state index contributed by atoms with van der Waals surface area (Å²) in [5.41, 5.74) is -0.0466. The molecule has 0 unspecified atom stereocenters. The van der Waals surface area contributed by atoms with E-state index in [2.05, 4.69) is 4.74 Å². The van der Waals surface area contributed by atoms with Crippen molar-refractivity contribution in [2.45, 2.75) is 37.5 Å². The molecule has 0 spiro atoms. The molecule has 0 fully saturated rings. The zero-order valence-corrected chi connectivity index (χ0v) is 20.1. The van der Waals surface area contributed by atoms with Crippen LogP contribution in [0.3, 0.4) is 0 Å². The van der Waals surface area contributed by atoms with Crippen LogP contribution in [0.1, 0.15) is 32.6 Å². The van der Waals surface area contributed by atoms with Crippen molar-refractivity contribution in [1.29, 1.82) is 0 Å². The summed E-state index contributed by atoms with van der Waals surface area (Å²) in [5, 5.41) is 0.0143. The third kappa shape index (κ3) is 7.02. The maximum Gasteiger partial charge on any atom is 0.334 e. The van der Waals surface area contributed by atoms with Crippen molar-refractivity contribution < 1.29 is 37.8 Å². The van der Waals surface area contributed by atoms with Gasteiger partial charge in [0.1, 0.15) is 12.4 Å². The lowest BCUT2D eigenvalue weighted by Crippen LogP contribution is -2.38. The minimum absolute atomic E-state index is 0.0143. The van der Waals surface area contributed by atoms with Crippen molar-refractivity contribution in [1.82, 2.24) is 0 Å². The van der Waals surface area contributed by atoms with Crippen LogP contribution in [0.2, 0.25) is 5.02 Å². The zero-order valence-electron chi connectivity index (χ0n) is 18.6. The van der Waals surface area contributed by atoms with E-state index >= 15 is 0 Å². The number of hydrogen-bond donors (Lipinski definition) is 0. The Kier molecular flexibility index (Phi) is 10.3. The van der Waals surface area contributed by atoms with Crippen molar-refractivity contribution in [3.8, 4) is 0 Å². The summed E-state index contributed by atoms with van der Waals surface area (Å²) >= 11 is 7.06. The van der Waals surface area contributed by atoms with E-state index in [4.69, 9.17) is 21.1 Å². The van der Waals surface area contributed by atoms with Crippen molar-refractivity contribution in [3.05, 3.63) is 34.1 Å². The molecule has 0 bridgehead atoms. The Balaban J connectivity index is 2.44. The molecule has 0 aliphatic heterocycles. The standard InChI is InChI=1S/C22H25ClFNO7S/c1-13(26)25(18-11-19(16(23)10-17(18)24)33-12-20(27)31-3)21(28)14-6-4-5-7-15(14)22(29)32-9-8-30-2/h10-11H,4-9,12H2,1-3H3. The molecule has 0 N–H and O–H groups in total. The largest absolute Gasteiger partial charge is 0.468 e. The minimum atomic E-state index is -0.897. The van der Waals surface area contributed by atoms with Gasteiger partial charge >= 0.3 is 11.9 Å². The molecule has 1 aliphatic rings. The van der Waals surface area contributed by atoms with Crippen LogP contribution in [0, 0.1) is 5.82 Å². The summed E-state index contributed by atoms with van der Waals surface area (Å²) in [7, 11) is 2.69. The lowest BCUT2D eigenvalue weighted by Gasteiger charge is -2.25. The van der Waals surface area contributed by atoms with Crippen molar-refractivity contribution >= 4 is 52.8 Å². The summed E-state index contributed by atoms with van der Waals surface area (Å²) in [5.74, 6) is -3.72.